The molecule has 3 nitrogen and oxygen atoms in total. The fourth-order valence-electron chi connectivity index (χ4n) is 3.75. The van der Waals surface area contributed by atoms with Crippen molar-refractivity contribution in [3.05, 3.63) is 24.3 Å². The fraction of sp³-hybridized carbons (Fsp3) is 0.667. The van der Waals surface area contributed by atoms with Crippen LogP contribution in [-0.2, 0) is 0 Å². The zero-order valence-corrected chi connectivity index (χ0v) is 13.4. The van der Waals surface area contributed by atoms with Crippen LogP contribution in [0.2, 0.25) is 0 Å². The first-order valence-electron chi connectivity index (χ1n) is 8.44. The molecule has 116 valence electrons. The smallest absolute Gasteiger partial charge is 0.119 e. The second-order valence-electron chi connectivity index (χ2n) is 6.85. The molecule has 0 amide bonds. The molecule has 1 aromatic carbocycles. The van der Waals surface area contributed by atoms with E-state index in [0.29, 0.717) is 5.54 Å². The number of nitrogens with zero attached hydrogens (tertiary/aromatic N) is 1. The summed E-state index contributed by atoms with van der Waals surface area (Å²) in [6, 6.07) is 8.62. The van der Waals surface area contributed by atoms with Crippen LogP contribution in [0.25, 0.3) is 0 Å². The Labute approximate surface area is 128 Å². The normalized spacial score (nSPS) is 21.8. The lowest BCUT2D eigenvalue weighted by Crippen LogP contribution is -2.61. The Morgan fingerprint density at radius 2 is 1.81 bits per heavy atom. The minimum Gasteiger partial charge on any atom is -0.491 e. The highest BCUT2D eigenvalue weighted by Gasteiger charge is 2.36. The molecular weight excluding hydrogens is 260 g/mol. The molecule has 0 radical (unpaired) electrons. The third kappa shape index (κ3) is 3.52. The molecule has 2 fully saturated rings. The number of hydrogen-bond donors (Lipinski definition) is 1. The van der Waals surface area contributed by atoms with Gasteiger partial charge in [0.2, 0.25) is 0 Å². The molecule has 1 heterocycles. The van der Waals surface area contributed by atoms with Crippen LogP contribution in [0.5, 0.6) is 5.75 Å². The van der Waals surface area contributed by atoms with Crippen molar-refractivity contribution in [1.82, 2.24) is 5.32 Å². The molecule has 3 rings (SSSR count). The van der Waals surface area contributed by atoms with E-state index >= 15 is 0 Å². The molecule has 3 heteroatoms. The molecule has 1 aliphatic carbocycles. The van der Waals surface area contributed by atoms with E-state index in [9.17, 15) is 0 Å². The summed E-state index contributed by atoms with van der Waals surface area (Å²) in [4.78, 5) is 2.54. The summed E-state index contributed by atoms with van der Waals surface area (Å²) >= 11 is 0. The summed E-state index contributed by atoms with van der Waals surface area (Å²) in [5.41, 5.74) is 1.70. The standard InChI is InChI=1S/C18H28N2O/c1-15(2)21-17-8-6-16(7-9-17)20-13-12-19-18(14-20)10-4-3-5-11-18/h6-9,15,19H,3-5,10-14H2,1-2H3. The summed E-state index contributed by atoms with van der Waals surface area (Å²) in [6.45, 7) is 7.49. The van der Waals surface area contributed by atoms with Crippen LogP contribution in [0.1, 0.15) is 46.0 Å². The van der Waals surface area contributed by atoms with Gasteiger partial charge in [0.05, 0.1) is 6.10 Å². The Hall–Kier alpha value is -1.22. The van der Waals surface area contributed by atoms with Crippen molar-refractivity contribution in [2.75, 3.05) is 24.5 Å². The van der Waals surface area contributed by atoms with E-state index in [1.165, 1.54) is 37.8 Å². The predicted molar refractivity (Wildman–Crippen MR) is 88.2 cm³/mol. The van der Waals surface area contributed by atoms with Crippen molar-refractivity contribution < 1.29 is 4.74 Å². The quantitative estimate of drug-likeness (QED) is 0.920. The Morgan fingerprint density at radius 3 is 2.48 bits per heavy atom. The molecule has 0 unspecified atom stereocenters. The average molecular weight is 288 g/mol. The predicted octanol–water partition coefficient (Wildman–Crippen LogP) is 3.59. The lowest BCUT2D eigenvalue weighted by Gasteiger charge is -2.47. The molecule has 1 N–H and O–H groups in total. The summed E-state index contributed by atoms with van der Waals surface area (Å²) in [7, 11) is 0. The van der Waals surface area contributed by atoms with Crippen molar-refractivity contribution in [3.8, 4) is 5.75 Å². The molecule has 1 saturated carbocycles. The SMILES string of the molecule is CC(C)Oc1ccc(N2CCNC3(CCCCC3)C2)cc1. The van der Waals surface area contributed by atoms with Crippen LogP contribution in [0.4, 0.5) is 5.69 Å². The Balaban J connectivity index is 1.68. The van der Waals surface area contributed by atoms with E-state index in [1.807, 2.05) is 0 Å². The largest absolute Gasteiger partial charge is 0.491 e. The molecule has 0 aromatic heterocycles. The van der Waals surface area contributed by atoms with Crippen molar-refractivity contribution in [1.29, 1.82) is 0 Å². The second-order valence-corrected chi connectivity index (χ2v) is 6.85. The summed E-state index contributed by atoms with van der Waals surface area (Å²) in [5, 5.41) is 3.81. The molecule has 1 aliphatic heterocycles. The fourth-order valence-corrected chi connectivity index (χ4v) is 3.75. The van der Waals surface area contributed by atoms with E-state index in [2.05, 4.69) is 48.3 Å². The summed E-state index contributed by atoms with van der Waals surface area (Å²) in [6.07, 6.45) is 7.06. The lowest BCUT2D eigenvalue weighted by molar-refractivity contribution is 0.216. The average Bonchev–Trinajstić information content (AvgIpc) is 2.48. The van der Waals surface area contributed by atoms with E-state index in [1.54, 1.807) is 0 Å². The lowest BCUT2D eigenvalue weighted by atomic mass is 9.80. The van der Waals surface area contributed by atoms with Gasteiger partial charge in [-0.2, -0.15) is 0 Å². The van der Waals surface area contributed by atoms with Gasteiger partial charge in [0.25, 0.3) is 0 Å². The molecule has 0 atom stereocenters. The van der Waals surface area contributed by atoms with Crippen LogP contribution in [0, 0.1) is 0 Å². The van der Waals surface area contributed by atoms with Crippen LogP contribution >= 0.6 is 0 Å². The van der Waals surface area contributed by atoms with E-state index in [-0.39, 0.29) is 6.10 Å². The summed E-state index contributed by atoms with van der Waals surface area (Å²) in [5.74, 6) is 0.969. The van der Waals surface area contributed by atoms with E-state index < -0.39 is 0 Å². The number of benzene rings is 1. The maximum atomic E-state index is 5.74. The van der Waals surface area contributed by atoms with Gasteiger partial charge < -0.3 is 15.0 Å². The first-order valence-corrected chi connectivity index (χ1v) is 8.44. The highest BCUT2D eigenvalue weighted by molar-refractivity contribution is 5.50. The number of anilines is 1. The Bertz CT molecular complexity index is 443. The number of hydrogen-bond acceptors (Lipinski definition) is 3. The van der Waals surface area contributed by atoms with E-state index in [0.717, 1.165) is 25.4 Å². The van der Waals surface area contributed by atoms with Gasteiger partial charge in [-0.25, -0.2) is 0 Å². The van der Waals surface area contributed by atoms with Gasteiger partial charge >= 0.3 is 0 Å². The Kier molecular flexibility index (Phi) is 4.39. The third-order valence-electron chi connectivity index (χ3n) is 4.76. The van der Waals surface area contributed by atoms with Crippen molar-refractivity contribution in [3.63, 3.8) is 0 Å². The molecule has 21 heavy (non-hydrogen) atoms. The van der Waals surface area contributed by atoms with E-state index in [4.69, 9.17) is 4.74 Å². The van der Waals surface area contributed by atoms with Gasteiger partial charge in [0, 0.05) is 30.9 Å². The van der Waals surface area contributed by atoms with Gasteiger partial charge in [0.1, 0.15) is 5.75 Å². The van der Waals surface area contributed by atoms with Crippen LogP contribution < -0.4 is 15.0 Å². The van der Waals surface area contributed by atoms with Gasteiger partial charge in [-0.1, -0.05) is 19.3 Å². The van der Waals surface area contributed by atoms with Crippen LogP contribution in [0.15, 0.2) is 24.3 Å². The van der Waals surface area contributed by atoms with Crippen LogP contribution in [0.3, 0.4) is 0 Å². The highest BCUT2D eigenvalue weighted by atomic mass is 16.5. The molecule has 1 saturated heterocycles. The molecule has 1 spiro atoms. The molecular formula is C18H28N2O. The number of ether oxygens (including phenoxy) is 1. The maximum Gasteiger partial charge on any atom is 0.119 e. The third-order valence-corrected chi connectivity index (χ3v) is 4.76. The number of rotatable bonds is 3. The zero-order valence-electron chi connectivity index (χ0n) is 13.4. The minimum atomic E-state index is 0.237. The van der Waals surface area contributed by atoms with Gasteiger partial charge in [-0.15, -0.1) is 0 Å². The highest BCUT2D eigenvalue weighted by Crippen LogP contribution is 2.32. The van der Waals surface area contributed by atoms with Crippen molar-refractivity contribution in [2.24, 2.45) is 0 Å². The molecule has 1 aromatic rings. The van der Waals surface area contributed by atoms with Gasteiger partial charge in [0.15, 0.2) is 0 Å². The first kappa shape index (κ1) is 14.7. The molecule has 2 aliphatic rings. The monoisotopic (exact) mass is 288 g/mol. The Morgan fingerprint density at radius 1 is 1.10 bits per heavy atom. The van der Waals surface area contributed by atoms with Gasteiger partial charge in [-0.05, 0) is 51.0 Å². The van der Waals surface area contributed by atoms with Crippen molar-refractivity contribution in [2.45, 2.75) is 57.6 Å². The number of piperazine rings is 1. The first-order chi connectivity index (χ1) is 10.2. The van der Waals surface area contributed by atoms with Crippen LogP contribution in [-0.4, -0.2) is 31.3 Å². The number of nitrogens with one attached hydrogen (secondary N) is 1. The summed E-state index contributed by atoms with van der Waals surface area (Å²) < 4.78 is 5.74. The maximum absolute atomic E-state index is 5.74. The minimum absolute atomic E-state index is 0.237. The molecule has 0 bridgehead atoms. The topological polar surface area (TPSA) is 24.5 Å². The van der Waals surface area contributed by atoms with Crippen molar-refractivity contribution >= 4 is 5.69 Å². The van der Waals surface area contributed by atoms with Gasteiger partial charge in [-0.3, -0.25) is 0 Å². The zero-order chi connectivity index (χ0) is 14.7. The second kappa shape index (κ2) is 6.27.